The van der Waals surface area contributed by atoms with Crippen molar-refractivity contribution in [3.05, 3.63) is 101 Å². The molecule has 186 valence electrons. The Kier molecular flexibility index (Phi) is 7.04. The molecule has 0 spiro atoms. The SMILES string of the molecule is CCc1ccccc1N1CC(c2nnc(NC(=O)c3cccc(NC(=O)c4ccccc4)c3)s2)CC1=O. The zero-order chi connectivity index (χ0) is 25.8. The van der Waals surface area contributed by atoms with Gasteiger partial charge in [0.15, 0.2) is 0 Å². The Morgan fingerprint density at radius 1 is 0.919 bits per heavy atom. The third-order valence-electron chi connectivity index (χ3n) is 6.22. The summed E-state index contributed by atoms with van der Waals surface area (Å²) in [5.41, 5.74) is 3.48. The Balaban J connectivity index is 1.24. The maximum Gasteiger partial charge on any atom is 0.257 e. The number of aromatic nitrogens is 2. The zero-order valence-electron chi connectivity index (χ0n) is 20.2. The van der Waals surface area contributed by atoms with Gasteiger partial charge < -0.3 is 10.2 Å². The molecule has 9 heteroatoms. The molecule has 4 aromatic rings. The van der Waals surface area contributed by atoms with Crippen LogP contribution >= 0.6 is 11.3 Å². The highest BCUT2D eigenvalue weighted by Gasteiger charge is 2.34. The molecule has 1 atom stereocenters. The molecule has 2 heterocycles. The molecular formula is C28H25N5O3S. The van der Waals surface area contributed by atoms with E-state index in [1.807, 2.05) is 35.2 Å². The van der Waals surface area contributed by atoms with Crippen LogP contribution in [-0.2, 0) is 11.2 Å². The second kappa shape index (κ2) is 10.7. The van der Waals surface area contributed by atoms with Gasteiger partial charge in [-0.15, -0.1) is 10.2 Å². The Morgan fingerprint density at radius 2 is 1.65 bits per heavy atom. The Hall–Kier alpha value is -4.37. The largest absolute Gasteiger partial charge is 0.322 e. The summed E-state index contributed by atoms with van der Waals surface area (Å²) in [5, 5.41) is 15.0. The van der Waals surface area contributed by atoms with E-state index in [1.54, 1.807) is 48.5 Å². The van der Waals surface area contributed by atoms with Crippen LogP contribution in [0.1, 0.15) is 50.5 Å². The van der Waals surface area contributed by atoms with Crippen LogP contribution in [0.4, 0.5) is 16.5 Å². The van der Waals surface area contributed by atoms with Crippen molar-refractivity contribution in [1.82, 2.24) is 10.2 Å². The van der Waals surface area contributed by atoms with Crippen molar-refractivity contribution in [2.45, 2.75) is 25.7 Å². The van der Waals surface area contributed by atoms with Gasteiger partial charge in [-0.2, -0.15) is 0 Å². The highest BCUT2D eigenvalue weighted by Crippen LogP contribution is 2.35. The highest BCUT2D eigenvalue weighted by atomic mass is 32.1. The number of carbonyl (C=O) groups is 3. The fraction of sp³-hybridized carbons (Fsp3) is 0.179. The van der Waals surface area contributed by atoms with Crippen molar-refractivity contribution >= 4 is 45.6 Å². The fourth-order valence-electron chi connectivity index (χ4n) is 4.33. The van der Waals surface area contributed by atoms with Gasteiger partial charge in [-0.05, 0) is 48.4 Å². The summed E-state index contributed by atoms with van der Waals surface area (Å²) in [6.45, 7) is 2.60. The predicted molar refractivity (Wildman–Crippen MR) is 144 cm³/mol. The molecule has 1 aromatic heterocycles. The maximum absolute atomic E-state index is 12.9. The number of benzene rings is 3. The molecule has 1 unspecified atom stereocenters. The van der Waals surface area contributed by atoms with Crippen molar-refractivity contribution in [2.24, 2.45) is 0 Å². The first-order valence-corrected chi connectivity index (χ1v) is 12.8. The average molecular weight is 512 g/mol. The van der Waals surface area contributed by atoms with Crippen molar-refractivity contribution in [1.29, 1.82) is 0 Å². The number of hydrogen-bond donors (Lipinski definition) is 2. The van der Waals surface area contributed by atoms with Gasteiger partial charge in [-0.25, -0.2) is 0 Å². The number of aryl methyl sites for hydroxylation is 1. The number of nitrogens with zero attached hydrogens (tertiary/aromatic N) is 3. The number of nitrogens with one attached hydrogen (secondary N) is 2. The van der Waals surface area contributed by atoms with Crippen LogP contribution in [-0.4, -0.2) is 34.5 Å². The molecule has 5 rings (SSSR count). The molecule has 3 amide bonds. The lowest BCUT2D eigenvalue weighted by Gasteiger charge is -2.19. The first-order valence-electron chi connectivity index (χ1n) is 12.0. The topological polar surface area (TPSA) is 104 Å². The zero-order valence-corrected chi connectivity index (χ0v) is 21.0. The number of amides is 3. The maximum atomic E-state index is 12.9. The molecule has 1 fully saturated rings. The van der Waals surface area contributed by atoms with E-state index in [0.29, 0.717) is 39.9 Å². The standard InChI is InChI=1S/C28H25N5O3S/c1-2-18-9-6-7-14-23(18)33-17-21(16-24(33)34)27-31-32-28(37-27)30-26(36)20-12-8-13-22(15-20)29-25(35)19-10-4-3-5-11-19/h3-15,21H,2,16-17H2,1H3,(H,29,35)(H,30,32,36). The Bertz CT molecular complexity index is 1450. The van der Waals surface area contributed by atoms with Crippen molar-refractivity contribution in [2.75, 3.05) is 22.1 Å². The van der Waals surface area contributed by atoms with Crippen LogP contribution in [0.2, 0.25) is 0 Å². The van der Waals surface area contributed by atoms with E-state index in [1.165, 1.54) is 11.3 Å². The van der Waals surface area contributed by atoms with Crippen LogP contribution in [0.15, 0.2) is 78.9 Å². The average Bonchev–Trinajstić information content (AvgIpc) is 3.55. The molecule has 0 aliphatic carbocycles. The van der Waals surface area contributed by atoms with Gasteiger partial charge in [0.1, 0.15) is 5.01 Å². The molecular weight excluding hydrogens is 486 g/mol. The van der Waals surface area contributed by atoms with Crippen LogP contribution in [0, 0.1) is 0 Å². The van der Waals surface area contributed by atoms with E-state index in [0.717, 1.165) is 17.7 Å². The molecule has 0 bridgehead atoms. The van der Waals surface area contributed by atoms with Gasteiger partial charge >= 0.3 is 0 Å². The second-order valence-corrected chi connectivity index (χ2v) is 9.70. The summed E-state index contributed by atoms with van der Waals surface area (Å²) in [6.07, 6.45) is 1.19. The Labute approximate surface area is 218 Å². The molecule has 0 radical (unpaired) electrons. The van der Waals surface area contributed by atoms with E-state index in [9.17, 15) is 14.4 Å². The van der Waals surface area contributed by atoms with E-state index in [4.69, 9.17) is 0 Å². The smallest absolute Gasteiger partial charge is 0.257 e. The summed E-state index contributed by atoms with van der Waals surface area (Å²) in [6, 6.07) is 23.5. The van der Waals surface area contributed by atoms with Crippen molar-refractivity contribution < 1.29 is 14.4 Å². The van der Waals surface area contributed by atoms with Crippen LogP contribution in [0.25, 0.3) is 0 Å². The van der Waals surface area contributed by atoms with E-state index in [-0.39, 0.29) is 23.6 Å². The van der Waals surface area contributed by atoms with Crippen LogP contribution in [0.3, 0.4) is 0 Å². The third-order valence-corrected chi connectivity index (χ3v) is 7.22. The predicted octanol–water partition coefficient (Wildman–Crippen LogP) is 5.13. The molecule has 1 aliphatic heterocycles. The normalized spacial score (nSPS) is 15.0. The molecule has 3 aromatic carbocycles. The summed E-state index contributed by atoms with van der Waals surface area (Å²) in [4.78, 5) is 39.9. The van der Waals surface area contributed by atoms with Gasteiger partial charge in [-0.1, -0.05) is 60.7 Å². The minimum absolute atomic E-state index is 0.0565. The van der Waals surface area contributed by atoms with Gasteiger partial charge in [0.25, 0.3) is 11.8 Å². The number of rotatable bonds is 7. The number of carbonyl (C=O) groups excluding carboxylic acids is 3. The number of anilines is 3. The van der Waals surface area contributed by atoms with Gasteiger partial charge in [0, 0.05) is 41.4 Å². The molecule has 0 saturated carbocycles. The molecule has 8 nitrogen and oxygen atoms in total. The van der Waals surface area contributed by atoms with E-state index < -0.39 is 0 Å². The van der Waals surface area contributed by atoms with Crippen LogP contribution in [0.5, 0.6) is 0 Å². The lowest BCUT2D eigenvalue weighted by atomic mass is 10.1. The number of para-hydroxylation sites is 1. The highest BCUT2D eigenvalue weighted by molar-refractivity contribution is 7.15. The minimum atomic E-state index is -0.362. The fourth-order valence-corrected chi connectivity index (χ4v) is 5.16. The molecule has 2 N–H and O–H groups in total. The lowest BCUT2D eigenvalue weighted by Crippen LogP contribution is -2.25. The van der Waals surface area contributed by atoms with E-state index in [2.05, 4.69) is 27.8 Å². The molecule has 1 saturated heterocycles. The first kappa shape index (κ1) is 24.3. The van der Waals surface area contributed by atoms with Gasteiger partial charge in [-0.3, -0.25) is 19.7 Å². The van der Waals surface area contributed by atoms with Crippen molar-refractivity contribution in [3.8, 4) is 0 Å². The second-order valence-electron chi connectivity index (χ2n) is 8.69. The lowest BCUT2D eigenvalue weighted by molar-refractivity contribution is -0.117. The van der Waals surface area contributed by atoms with Gasteiger partial charge in [0.05, 0.1) is 0 Å². The minimum Gasteiger partial charge on any atom is -0.322 e. The quantitative estimate of drug-likeness (QED) is 0.358. The monoisotopic (exact) mass is 511 g/mol. The summed E-state index contributed by atoms with van der Waals surface area (Å²) < 4.78 is 0. The summed E-state index contributed by atoms with van der Waals surface area (Å²) in [5.74, 6) is -0.647. The number of hydrogen-bond acceptors (Lipinski definition) is 6. The molecule has 37 heavy (non-hydrogen) atoms. The van der Waals surface area contributed by atoms with E-state index >= 15 is 0 Å². The van der Waals surface area contributed by atoms with Crippen molar-refractivity contribution in [3.63, 3.8) is 0 Å². The third kappa shape index (κ3) is 5.41. The first-order chi connectivity index (χ1) is 18.0. The summed E-state index contributed by atoms with van der Waals surface area (Å²) >= 11 is 1.27. The van der Waals surface area contributed by atoms with Gasteiger partial charge in [0.2, 0.25) is 11.0 Å². The molecule has 1 aliphatic rings. The summed E-state index contributed by atoms with van der Waals surface area (Å²) in [7, 11) is 0. The van der Waals surface area contributed by atoms with Crippen LogP contribution < -0.4 is 15.5 Å². The Morgan fingerprint density at radius 3 is 2.46 bits per heavy atom.